The number of hydrogen-bond donors (Lipinski definition) is 2. The molecule has 2 aliphatic rings. The zero-order valence-electron chi connectivity index (χ0n) is 22.0. The minimum atomic E-state index is -0.517. The molecule has 2 aromatic heterocycles. The molecule has 2 N–H and O–H groups in total. The van der Waals surface area contributed by atoms with Crippen molar-refractivity contribution < 1.29 is 14.3 Å². The predicted octanol–water partition coefficient (Wildman–Crippen LogP) is 6.92. The van der Waals surface area contributed by atoms with E-state index in [-0.39, 0.29) is 0 Å². The number of carbonyl (C=O) groups excluding carboxylic acids is 1. The SMILES string of the molecule is CC(C)(C)OC(=O)/N=C/C1CCC(CNc2cc(-c3csc(NCC4CCOCC4)n3)c(Cl)cn2)CC1. The van der Waals surface area contributed by atoms with E-state index in [0.717, 1.165) is 87.0 Å². The van der Waals surface area contributed by atoms with E-state index >= 15 is 0 Å². The Labute approximate surface area is 228 Å². The van der Waals surface area contributed by atoms with Crippen LogP contribution in [0.1, 0.15) is 59.3 Å². The molecule has 4 rings (SSSR count). The second kappa shape index (κ2) is 13.0. The van der Waals surface area contributed by atoms with Crippen LogP contribution >= 0.6 is 22.9 Å². The second-order valence-corrected chi connectivity index (χ2v) is 12.2. The Morgan fingerprint density at radius 1 is 1.16 bits per heavy atom. The summed E-state index contributed by atoms with van der Waals surface area (Å²) in [6.45, 7) is 9.00. The van der Waals surface area contributed by atoms with Crippen molar-refractivity contribution in [2.24, 2.45) is 22.7 Å². The van der Waals surface area contributed by atoms with Crippen LogP contribution in [-0.4, -0.2) is 54.2 Å². The van der Waals surface area contributed by atoms with E-state index in [2.05, 4.69) is 20.6 Å². The first-order valence-corrected chi connectivity index (χ1v) is 14.4. The monoisotopic (exact) mass is 547 g/mol. The number of amides is 1. The van der Waals surface area contributed by atoms with E-state index in [1.54, 1.807) is 23.7 Å². The number of anilines is 2. The normalized spacial score (nSPS) is 21.2. The summed E-state index contributed by atoms with van der Waals surface area (Å²) in [4.78, 5) is 25.1. The number of pyridine rings is 1. The molecule has 10 heteroatoms. The van der Waals surface area contributed by atoms with Crippen LogP contribution in [0, 0.1) is 17.8 Å². The molecular weight excluding hydrogens is 510 g/mol. The lowest BCUT2D eigenvalue weighted by molar-refractivity contribution is 0.0604. The fourth-order valence-corrected chi connectivity index (χ4v) is 5.56. The maximum atomic E-state index is 11.8. The molecule has 0 radical (unpaired) electrons. The predicted molar refractivity (Wildman–Crippen MR) is 151 cm³/mol. The summed E-state index contributed by atoms with van der Waals surface area (Å²) in [6.07, 6.45) is 9.32. The molecule has 2 aromatic rings. The quantitative estimate of drug-likeness (QED) is 0.346. The van der Waals surface area contributed by atoms with E-state index in [4.69, 9.17) is 26.1 Å². The largest absolute Gasteiger partial charge is 0.442 e. The molecule has 1 saturated carbocycles. The van der Waals surface area contributed by atoms with Gasteiger partial charge in [0.1, 0.15) is 11.4 Å². The highest BCUT2D eigenvalue weighted by atomic mass is 35.5. The van der Waals surface area contributed by atoms with Crippen molar-refractivity contribution in [1.82, 2.24) is 9.97 Å². The van der Waals surface area contributed by atoms with E-state index in [0.29, 0.717) is 22.8 Å². The molecule has 37 heavy (non-hydrogen) atoms. The van der Waals surface area contributed by atoms with Crippen molar-refractivity contribution >= 4 is 46.2 Å². The summed E-state index contributed by atoms with van der Waals surface area (Å²) in [5.41, 5.74) is 1.23. The first-order valence-electron chi connectivity index (χ1n) is 13.2. The summed E-state index contributed by atoms with van der Waals surface area (Å²) in [7, 11) is 0. The smallest absolute Gasteiger partial charge is 0.433 e. The Hall–Kier alpha value is -2.23. The van der Waals surface area contributed by atoms with Crippen LogP contribution in [0.3, 0.4) is 0 Å². The third kappa shape index (κ3) is 8.93. The van der Waals surface area contributed by atoms with Crippen LogP contribution in [0.15, 0.2) is 22.6 Å². The number of aliphatic imine (C=N–C) groups is 1. The maximum Gasteiger partial charge on any atom is 0.433 e. The highest BCUT2D eigenvalue weighted by Gasteiger charge is 2.22. The molecule has 0 unspecified atom stereocenters. The lowest BCUT2D eigenvalue weighted by atomic mass is 9.82. The van der Waals surface area contributed by atoms with Crippen LogP contribution in [0.2, 0.25) is 5.02 Å². The van der Waals surface area contributed by atoms with Gasteiger partial charge in [0.25, 0.3) is 0 Å². The summed E-state index contributed by atoms with van der Waals surface area (Å²) >= 11 is 8.09. The summed E-state index contributed by atoms with van der Waals surface area (Å²) < 4.78 is 10.7. The zero-order valence-corrected chi connectivity index (χ0v) is 23.5. The second-order valence-electron chi connectivity index (χ2n) is 10.9. The molecule has 202 valence electrons. The van der Waals surface area contributed by atoms with E-state index in [9.17, 15) is 4.79 Å². The van der Waals surface area contributed by atoms with Crippen LogP contribution in [0.25, 0.3) is 11.3 Å². The van der Waals surface area contributed by atoms with Crippen molar-refractivity contribution in [2.75, 3.05) is 36.9 Å². The molecule has 0 aromatic carbocycles. The number of hydrogen-bond acceptors (Lipinski definition) is 8. The fourth-order valence-electron chi connectivity index (χ4n) is 4.64. The Morgan fingerprint density at radius 3 is 2.59 bits per heavy atom. The minimum absolute atomic E-state index is 0.322. The Balaban J connectivity index is 1.24. The summed E-state index contributed by atoms with van der Waals surface area (Å²) in [5.74, 6) is 2.31. The molecule has 3 heterocycles. The fraction of sp³-hybridized carbons (Fsp3) is 0.630. The highest BCUT2D eigenvalue weighted by molar-refractivity contribution is 7.14. The van der Waals surface area contributed by atoms with Gasteiger partial charge in [-0.15, -0.1) is 11.3 Å². The van der Waals surface area contributed by atoms with Crippen LogP contribution in [0.5, 0.6) is 0 Å². The molecule has 1 saturated heterocycles. The number of carbonyl (C=O) groups is 1. The van der Waals surface area contributed by atoms with Crippen LogP contribution in [-0.2, 0) is 9.47 Å². The number of aromatic nitrogens is 2. The average molecular weight is 548 g/mol. The van der Waals surface area contributed by atoms with Gasteiger partial charge in [0.15, 0.2) is 5.13 Å². The zero-order chi connectivity index (χ0) is 26.3. The molecule has 2 fully saturated rings. The van der Waals surface area contributed by atoms with Crippen molar-refractivity contribution in [3.63, 3.8) is 0 Å². The average Bonchev–Trinajstić information content (AvgIpc) is 3.35. The molecule has 0 atom stereocenters. The number of nitrogens with zero attached hydrogens (tertiary/aromatic N) is 3. The number of thiazole rings is 1. The van der Waals surface area contributed by atoms with Gasteiger partial charge in [-0.2, -0.15) is 4.99 Å². The van der Waals surface area contributed by atoms with Gasteiger partial charge < -0.3 is 20.1 Å². The van der Waals surface area contributed by atoms with Crippen molar-refractivity contribution in [2.45, 2.75) is 64.9 Å². The Kier molecular flexibility index (Phi) is 9.78. The van der Waals surface area contributed by atoms with Gasteiger partial charge in [0.2, 0.25) is 0 Å². The van der Waals surface area contributed by atoms with Gasteiger partial charge in [-0.25, -0.2) is 14.8 Å². The van der Waals surface area contributed by atoms with Gasteiger partial charge in [0, 0.05) is 49.7 Å². The molecule has 0 spiro atoms. The highest BCUT2D eigenvalue weighted by Crippen LogP contribution is 2.33. The molecule has 8 nitrogen and oxygen atoms in total. The van der Waals surface area contributed by atoms with Crippen LogP contribution in [0.4, 0.5) is 15.7 Å². The van der Waals surface area contributed by atoms with Gasteiger partial charge in [0.05, 0.1) is 10.7 Å². The topological polar surface area (TPSA) is 97.7 Å². The van der Waals surface area contributed by atoms with Gasteiger partial charge in [-0.1, -0.05) is 11.6 Å². The van der Waals surface area contributed by atoms with Crippen molar-refractivity contribution in [3.05, 3.63) is 22.7 Å². The van der Waals surface area contributed by atoms with Gasteiger partial charge in [-0.3, -0.25) is 0 Å². The first-order chi connectivity index (χ1) is 17.7. The Morgan fingerprint density at radius 2 is 1.86 bits per heavy atom. The number of ether oxygens (including phenoxy) is 2. The molecular formula is C27H38ClN5O3S. The standard InChI is InChI=1S/C27H38ClN5O3S/c1-27(2,3)36-26(34)32-15-19-6-4-18(5-7-19)13-29-24-12-21(22(28)16-30-24)23-17-37-25(33-23)31-14-20-8-10-35-11-9-20/h12,15-20H,4-11,13-14H2,1-3H3,(H,29,30)(H,31,33)/b32-15+. The van der Waals surface area contributed by atoms with Crippen LogP contribution < -0.4 is 10.6 Å². The lowest BCUT2D eigenvalue weighted by Crippen LogP contribution is -2.24. The Bertz CT molecular complexity index is 1060. The summed E-state index contributed by atoms with van der Waals surface area (Å²) in [6, 6.07) is 1.98. The molecule has 1 amide bonds. The number of nitrogens with one attached hydrogen (secondary N) is 2. The maximum absolute atomic E-state index is 11.8. The van der Waals surface area contributed by atoms with E-state index in [1.165, 1.54) is 0 Å². The van der Waals surface area contributed by atoms with Crippen molar-refractivity contribution in [1.29, 1.82) is 0 Å². The van der Waals surface area contributed by atoms with Gasteiger partial charge >= 0.3 is 6.09 Å². The van der Waals surface area contributed by atoms with Crippen molar-refractivity contribution in [3.8, 4) is 11.3 Å². The third-order valence-corrected chi connectivity index (χ3v) is 7.87. The number of halogens is 1. The van der Waals surface area contributed by atoms with Gasteiger partial charge in [-0.05, 0) is 83.1 Å². The minimum Gasteiger partial charge on any atom is -0.442 e. The lowest BCUT2D eigenvalue weighted by Gasteiger charge is -2.26. The van der Waals surface area contributed by atoms with E-state index in [1.807, 2.05) is 32.2 Å². The molecule has 1 aliphatic heterocycles. The third-order valence-electron chi connectivity index (χ3n) is 6.77. The molecule has 0 bridgehead atoms. The van der Waals surface area contributed by atoms with E-state index < -0.39 is 11.7 Å². The first kappa shape index (κ1) is 27.8. The number of rotatable bonds is 8. The summed E-state index contributed by atoms with van der Waals surface area (Å²) in [5, 5.41) is 10.5. The molecule has 1 aliphatic carbocycles.